The summed E-state index contributed by atoms with van der Waals surface area (Å²) < 4.78 is 12.5. The molecule has 2 nitrogen and oxygen atoms in total. The summed E-state index contributed by atoms with van der Waals surface area (Å²) in [7, 11) is -1.75. The van der Waals surface area contributed by atoms with Gasteiger partial charge < -0.3 is 9.16 Å². The fraction of sp³-hybridized carbons (Fsp3) is 0.733. The Bertz CT molecular complexity index is 401. The Hall–Kier alpha value is -0.543. The molecule has 0 saturated heterocycles. The van der Waals surface area contributed by atoms with E-state index in [-0.39, 0.29) is 17.2 Å². The summed E-state index contributed by atoms with van der Waals surface area (Å²) in [6, 6.07) is 0. The predicted octanol–water partition coefficient (Wildman–Crippen LogP) is 4.26. The van der Waals surface area contributed by atoms with Crippen molar-refractivity contribution < 1.29 is 9.16 Å². The molecule has 0 amide bonds. The van der Waals surface area contributed by atoms with Crippen LogP contribution in [0.3, 0.4) is 0 Å². The van der Waals surface area contributed by atoms with E-state index >= 15 is 0 Å². The third-order valence-electron chi connectivity index (χ3n) is 4.67. The van der Waals surface area contributed by atoms with Crippen molar-refractivity contribution >= 4 is 8.32 Å². The van der Waals surface area contributed by atoms with Gasteiger partial charge in [0.25, 0.3) is 0 Å². The lowest BCUT2D eigenvalue weighted by Gasteiger charge is -2.41. The van der Waals surface area contributed by atoms with Gasteiger partial charge in [0, 0.05) is 5.92 Å². The van der Waals surface area contributed by atoms with Gasteiger partial charge in [-0.25, -0.2) is 0 Å². The molecule has 0 unspecified atom stereocenters. The van der Waals surface area contributed by atoms with Crippen LogP contribution in [0.4, 0.5) is 0 Å². The third kappa shape index (κ3) is 2.18. The van der Waals surface area contributed by atoms with Crippen LogP contribution < -0.4 is 0 Å². The molecule has 0 saturated carbocycles. The first-order valence-electron chi connectivity index (χ1n) is 6.87. The maximum Gasteiger partial charge on any atom is 0.250 e. The molecule has 0 aromatic carbocycles. The van der Waals surface area contributed by atoms with Crippen molar-refractivity contribution in [2.45, 2.75) is 65.0 Å². The fourth-order valence-electron chi connectivity index (χ4n) is 2.25. The molecular formula is C15H26O2Si. The summed E-state index contributed by atoms with van der Waals surface area (Å²) in [5.41, 5.74) is 1.26. The van der Waals surface area contributed by atoms with E-state index in [9.17, 15) is 0 Å². The zero-order valence-electron chi connectivity index (χ0n) is 12.7. The van der Waals surface area contributed by atoms with Crippen molar-refractivity contribution in [1.82, 2.24) is 0 Å². The average molecular weight is 266 g/mol. The van der Waals surface area contributed by atoms with Crippen LogP contribution in [0.25, 0.3) is 0 Å². The molecule has 2 aliphatic rings. The molecule has 0 aromatic rings. The molecule has 0 N–H and O–H groups in total. The lowest BCUT2D eigenvalue weighted by molar-refractivity contribution is 0.0243. The highest BCUT2D eigenvalue weighted by Crippen LogP contribution is 2.43. The molecule has 2 aliphatic heterocycles. The fourth-order valence-corrected chi connectivity index (χ4v) is 3.45. The zero-order valence-corrected chi connectivity index (χ0v) is 13.7. The van der Waals surface area contributed by atoms with E-state index in [4.69, 9.17) is 9.16 Å². The van der Waals surface area contributed by atoms with Gasteiger partial charge in [-0.2, -0.15) is 0 Å². The first-order valence-corrected chi connectivity index (χ1v) is 9.78. The molecule has 0 spiro atoms. The van der Waals surface area contributed by atoms with Crippen LogP contribution in [-0.2, 0) is 9.16 Å². The quantitative estimate of drug-likeness (QED) is 0.549. The van der Waals surface area contributed by atoms with E-state index in [2.05, 4.69) is 59.9 Å². The predicted molar refractivity (Wildman–Crippen MR) is 77.9 cm³/mol. The molecule has 3 atom stereocenters. The normalized spacial score (nSPS) is 32.1. The van der Waals surface area contributed by atoms with Crippen molar-refractivity contribution in [3.8, 4) is 0 Å². The second kappa shape index (κ2) is 4.24. The Kier molecular flexibility index (Phi) is 3.27. The lowest BCUT2D eigenvalue weighted by Crippen LogP contribution is -2.43. The van der Waals surface area contributed by atoms with Crippen LogP contribution in [0.5, 0.6) is 0 Å². The van der Waals surface area contributed by atoms with Gasteiger partial charge in [0.05, 0.1) is 11.9 Å². The molecule has 2 heterocycles. The highest BCUT2D eigenvalue weighted by atomic mass is 28.4. The van der Waals surface area contributed by atoms with E-state index < -0.39 is 8.32 Å². The molecule has 2 rings (SSSR count). The highest BCUT2D eigenvalue weighted by molar-refractivity contribution is 6.74. The van der Waals surface area contributed by atoms with Gasteiger partial charge in [-0.15, -0.1) is 0 Å². The summed E-state index contributed by atoms with van der Waals surface area (Å²) >= 11 is 0. The number of hydrogen-bond acceptors (Lipinski definition) is 2. The van der Waals surface area contributed by atoms with Gasteiger partial charge in [-0.3, -0.25) is 0 Å². The second-order valence-electron chi connectivity index (χ2n) is 7.10. The van der Waals surface area contributed by atoms with Crippen molar-refractivity contribution in [3.05, 3.63) is 23.5 Å². The van der Waals surface area contributed by atoms with Crippen molar-refractivity contribution in [2.24, 2.45) is 5.92 Å². The minimum atomic E-state index is -1.75. The standard InChI is InChI=1S/C15H26O2Si/c1-10-12-8-9-13(16-12)11(2)14(10)17-18(6,7)15(3,4)5/h8-10,12-13H,1-7H3/t10-,12+,13-/m0/s1. The molecule has 2 bridgehead atoms. The van der Waals surface area contributed by atoms with Crippen LogP contribution in [0.1, 0.15) is 34.6 Å². The van der Waals surface area contributed by atoms with Crippen molar-refractivity contribution in [3.63, 3.8) is 0 Å². The van der Waals surface area contributed by atoms with E-state index in [1.54, 1.807) is 0 Å². The van der Waals surface area contributed by atoms with Crippen molar-refractivity contribution in [1.29, 1.82) is 0 Å². The van der Waals surface area contributed by atoms with Gasteiger partial charge in [0.2, 0.25) is 8.32 Å². The van der Waals surface area contributed by atoms with Gasteiger partial charge in [-0.05, 0) is 30.6 Å². The molecule has 0 radical (unpaired) electrons. The van der Waals surface area contributed by atoms with Gasteiger partial charge in [-0.1, -0.05) is 39.8 Å². The largest absolute Gasteiger partial charge is 0.546 e. The highest BCUT2D eigenvalue weighted by Gasteiger charge is 2.43. The van der Waals surface area contributed by atoms with Crippen LogP contribution in [-0.4, -0.2) is 20.5 Å². The average Bonchev–Trinajstić information content (AvgIpc) is 2.67. The van der Waals surface area contributed by atoms with E-state index in [0.29, 0.717) is 5.92 Å². The van der Waals surface area contributed by atoms with Crippen LogP contribution in [0.2, 0.25) is 18.1 Å². The summed E-state index contributed by atoms with van der Waals surface area (Å²) in [5.74, 6) is 1.53. The van der Waals surface area contributed by atoms with Gasteiger partial charge in [0.15, 0.2) is 0 Å². The monoisotopic (exact) mass is 266 g/mol. The molecular weight excluding hydrogens is 240 g/mol. The maximum atomic E-state index is 6.55. The van der Waals surface area contributed by atoms with E-state index in [1.165, 1.54) is 11.3 Å². The van der Waals surface area contributed by atoms with Gasteiger partial charge in [0.1, 0.15) is 6.10 Å². The topological polar surface area (TPSA) is 18.5 Å². The minimum absolute atomic E-state index is 0.144. The van der Waals surface area contributed by atoms with Crippen LogP contribution in [0, 0.1) is 5.92 Å². The smallest absolute Gasteiger partial charge is 0.250 e. The van der Waals surface area contributed by atoms with Gasteiger partial charge >= 0.3 is 0 Å². The first-order chi connectivity index (χ1) is 8.13. The summed E-state index contributed by atoms with van der Waals surface area (Å²) in [4.78, 5) is 0. The van der Waals surface area contributed by atoms with Crippen LogP contribution >= 0.6 is 0 Å². The molecule has 0 aliphatic carbocycles. The zero-order chi connectivity index (χ0) is 13.7. The number of hydrogen-bond donors (Lipinski definition) is 0. The number of fused-ring (bicyclic) bond motifs is 2. The molecule has 102 valence electrons. The molecule has 18 heavy (non-hydrogen) atoms. The Morgan fingerprint density at radius 1 is 1.22 bits per heavy atom. The Morgan fingerprint density at radius 2 is 1.83 bits per heavy atom. The third-order valence-corrected chi connectivity index (χ3v) is 9.02. The van der Waals surface area contributed by atoms with Crippen LogP contribution in [0.15, 0.2) is 23.5 Å². The number of ether oxygens (including phenoxy) is 1. The summed E-state index contributed by atoms with van der Waals surface area (Å²) in [6.45, 7) is 15.8. The minimum Gasteiger partial charge on any atom is -0.546 e. The Balaban J connectivity index is 2.27. The molecule has 0 aromatic heterocycles. The molecule has 3 heteroatoms. The lowest BCUT2D eigenvalue weighted by atomic mass is 9.97. The Morgan fingerprint density at radius 3 is 2.39 bits per heavy atom. The first kappa shape index (κ1) is 13.9. The molecule has 0 fully saturated rings. The van der Waals surface area contributed by atoms with E-state index in [1.807, 2.05) is 0 Å². The van der Waals surface area contributed by atoms with Crippen molar-refractivity contribution in [2.75, 3.05) is 0 Å². The maximum absolute atomic E-state index is 6.55. The van der Waals surface area contributed by atoms with E-state index in [0.717, 1.165) is 0 Å². The Labute approximate surface area is 112 Å². The summed E-state index contributed by atoms with van der Waals surface area (Å²) in [5, 5.41) is 0.241. The number of rotatable bonds is 2. The summed E-state index contributed by atoms with van der Waals surface area (Å²) in [6.07, 6.45) is 4.70. The second-order valence-corrected chi connectivity index (χ2v) is 11.8. The SMILES string of the molecule is CC1=C(O[Si](C)(C)C(C)(C)C)[C@@H](C)[C@H]2C=C[C@@H]1O2.